The summed E-state index contributed by atoms with van der Waals surface area (Å²) in [6, 6.07) is 7.77. The minimum Gasteiger partial charge on any atom is -0.494 e. The van der Waals surface area contributed by atoms with Crippen LogP contribution in [-0.2, 0) is 4.79 Å². The largest absolute Gasteiger partial charge is 0.494 e. The maximum atomic E-state index is 12.1. The van der Waals surface area contributed by atoms with Crippen molar-refractivity contribution in [2.24, 2.45) is 11.3 Å². The first-order chi connectivity index (χ1) is 13.5. The van der Waals surface area contributed by atoms with Gasteiger partial charge in [0.2, 0.25) is 0 Å². The molecule has 0 spiro atoms. The van der Waals surface area contributed by atoms with Crippen molar-refractivity contribution in [2.45, 2.75) is 59.3 Å². The Morgan fingerprint density at radius 3 is 2.29 bits per heavy atom. The Morgan fingerprint density at radius 1 is 1.04 bits per heavy atom. The van der Waals surface area contributed by atoms with E-state index in [1.54, 1.807) is 12.4 Å². The van der Waals surface area contributed by atoms with E-state index < -0.39 is 0 Å². The first kappa shape index (κ1) is 20.3. The van der Waals surface area contributed by atoms with Gasteiger partial charge in [-0.3, -0.25) is 4.79 Å². The lowest BCUT2D eigenvalue weighted by atomic mass is 10.1. The maximum absolute atomic E-state index is 12.1. The Hall–Kier alpha value is -2.43. The Bertz CT molecular complexity index is 769. The molecule has 1 aliphatic carbocycles. The number of benzene rings is 1. The highest BCUT2D eigenvalue weighted by atomic mass is 16.5. The lowest BCUT2D eigenvalue weighted by molar-refractivity contribution is -0.136. The van der Waals surface area contributed by atoms with Crippen LogP contribution in [0, 0.1) is 11.3 Å². The third-order valence-corrected chi connectivity index (χ3v) is 5.27. The standard InChI is InChI=1S/C23H30N2O3/c1-4-5-6-7-8-13-27-18-11-9-17(10-12-18)21-24-15-19(16-25-21)28-22(26)20-14-23(20,2)3/h9-12,15-16,20H,4-8,13-14H2,1-3H3. The number of ether oxygens (including phenoxy) is 2. The Balaban J connectivity index is 1.48. The molecule has 28 heavy (non-hydrogen) atoms. The molecule has 1 heterocycles. The third-order valence-electron chi connectivity index (χ3n) is 5.27. The predicted octanol–water partition coefficient (Wildman–Crippen LogP) is 5.44. The molecule has 1 unspecified atom stereocenters. The monoisotopic (exact) mass is 382 g/mol. The molecule has 5 heteroatoms. The molecule has 5 nitrogen and oxygen atoms in total. The van der Waals surface area contributed by atoms with Gasteiger partial charge in [0.15, 0.2) is 11.6 Å². The van der Waals surface area contributed by atoms with E-state index in [1.807, 2.05) is 24.3 Å². The van der Waals surface area contributed by atoms with E-state index >= 15 is 0 Å². The van der Waals surface area contributed by atoms with Crippen molar-refractivity contribution in [1.29, 1.82) is 0 Å². The summed E-state index contributed by atoms with van der Waals surface area (Å²) in [4.78, 5) is 20.7. The van der Waals surface area contributed by atoms with Gasteiger partial charge >= 0.3 is 5.97 Å². The average molecular weight is 383 g/mol. The van der Waals surface area contributed by atoms with Crippen LogP contribution < -0.4 is 9.47 Å². The summed E-state index contributed by atoms with van der Waals surface area (Å²) >= 11 is 0. The van der Waals surface area contributed by atoms with Crippen molar-refractivity contribution >= 4 is 5.97 Å². The van der Waals surface area contributed by atoms with Gasteiger partial charge in [0.25, 0.3) is 0 Å². The number of carbonyl (C=O) groups excluding carboxylic acids is 1. The van der Waals surface area contributed by atoms with E-state index in [1.165, 1.54) is 25.7 Å². The van der Waals surface area contributed by atoms with Crippen LogP contribution in [0.2, 0.25) is 0 Å². The fourth-order valence-electron chi connectivity index (χ4n) is 3.17. The van der Waals surface area contributed by atoms with E-state index in [2.05, 4.69) is 30.7 Å². The smallest absolute Gasteiger partial charge is 0.315 e. The van der Waals surface area contributed by atoms with Crippen molar-refractivity contribution in [3.8, 4) is 22.9 Å². The van der Waals surface area contributed by atoms with Crippen LogP contribution in [0.15, 0.2) is 36.7 Å². The Kier molecular flexibility index (Phi) is 6.65. The highest BCUT2D eigenvalue weighted by Gasteiger charge is 2.51. The molecular formula is C23H30N2O3. The van der Waals surface area contributed by atoms with Gasteiger partial charge in [-0.15, -0.1) is 0 Å². The van der Waals surface area contributed by atoms with Crippen LogP contribution in [0.5, 0.6) is 11.5 Å². The summed E-state index contributed by atoms with van der Waals surface area (Å²) in [7, 11) is 0. The number of unbranched alkanes of at least 4 members (excludes halogenated alkanes) is 4. The highest BCUT2D eigenvalue weighted by Crippen LogP contribution is 2.52. The van der Waals surface area contributed by atoms with Gasteiger partial charge in [0.05, 0.1) is 24.9 Å². The second-order valence-electron chi connectivity index (χ2n) is 8.20. The van der Waals surface area contributed by atoms with Crippen molar-refractivity contribution in [3.63, 3.8) is 0 Å². The topological polar surface area (TPSA) is 61.3 Å². The number of aromatic nitrogens is 2. The number of esters is 1. The van der Waals surface area contributed by atoms with Crippen molar-refractivity contribution in [2.75, 3.05) is 6.61 Å². The molecular weight excluding hydrogens is 352 g/mol. The van der Waals surface area contributed by atoms with E-state index in [4.69, 9.17) is 9.47 Å². The molecule has 1 saturated carbocycles. The highest BCUT2D eigenvalue weighted by molar-refractivity contribution is 5.78. The molecule has 1 aromatic carbocycles. The number of carbonyl (C=O) groups is 1. The SMILES string of the molecule is CCCCCCCOc1ccc(-c2ncc(OC(=O)C3CC3(C)C)cn2)cc1. The first-order valence-electron chi connectivity index (χ1n) is 10.3. The zero-order chi connectivity index (χ0) is 20.0. The van der Waals surface area contributed by atoms with Gasteiger partial charge in [-0.2, -0.15) is 0 Å². The van der Waals surface area contributed by atoms with Gasteiger partial charge < -0.3 is 9.47 Å². The Morgan fingerprint density at radius 2 is 1.68 bits per heavy atom. The van der Waals surface area contributed by atoms with E-state index in [-0.39, 0.29) is 17.3 Å². The molecule has 0 radical (unpaired) electrons. The Labute approximate surface area is 167 Å². The molecule has 1 atom stereocenters. The van der Waals surface area contributed by atoms with Crippen molar-refractivity contribution < 1.29 is 14.3 Å². The molecule has 0 saturated heterocycles. The fourth-order valence-corrected chi connectivity index (χ4v) is 3.17. The summed E-state index contributed by atoms with van der Waals surface area (Å²) in [6.07, 6.45) is 10.1. The summed E-state index contributed by atoms with van der Waals surface area (Å²) in [6.45, 7) is 7.10. The summed E-state index contributed by atoms with van der Waals surface area (Å²) in [5, 5.41) is 0. The molecule has 1 fully saturated rings. The lowest BCUT2D eigenvalue weighted by Crippen LogP contribution is -2.13. The van der Waals surface area contributed by atoms with Gasteiger partial charge in [0.1, 0.15) is 5.75 Å². The molecule has 0 bridgehead atoms. The molecule has 0 N–H and O–H groups in total. The molecule has 2 aromatic rings. The fraction of sp³-hybridized carbons (Fsp3) is 0.522. The minimum absolute atomic E-state index is 0.0219. The zero-order valence-corrected chi connectivity index (χ0v) is 17.1. The van der Waals surface area contributed by atoms with Crippen LogP contribution in [0.3, 0.4) is 0 Å². The van der Waals surface area contributed by atoms with Crippen LogP contribution in [0.4, 0.5) is 0 Å². The molecule has 0 aliphatic heterocycles. The van der Waals surface area contributed by atoms with E-state index in [0.717, 1.165) is 30.8 Å². The van der Waals surface area contributed by atoms with E-state index in [9.17, 15) is 4.79 Å². The maximum Gasteiger partial charge on any atom is 0.315 e. The molecule has 1 aliphatic rings. The molecule has 3 rings (SSSR count). The van der Waals surface area contributed by atoms with E-state index in [0.29, 0.717) is 11.6 Å². The second kappa shape index (κ2) is 9.18. The van der Waals surface area contributed by atoms with Crippen LogP contribution in [0.25, 0.3) is 11.4 Å². The number of hydrogen-bond donors (Lipinski definition) is 0. The van der Waals surface area contributed by atoms with Gasteiger partial charge in [-0.1, -0.05) is 46.5 Å². The molecule has 0 amide bonds. The van der Waals surface area contributed by atoms with Gasteiger partial charge in [-0.25, -0.2) is 9.97 Å². The quantitative estimate of drug-likeness (QED) is 0.404. The summed E-state index contributed by atoms with van der Waals surface area (Å²) in [5.74, 6) is 1.62. The summed E-state index contributed by atoms with van der Waals surface area (Å²) in [5.41, 5.74) is 0.952. The normalized spacial score (nSPS) is 17.2. The van der Waals surface area contributed by atoms with Gasteiger partial charge in [-0.05, 0) is 42.5 Å². The number of hydrogen-bond acceptors (Lipinski definition) is 5. The first-order valence-corrected chi connectivity index (χ1v) is 10.3. The predicted molar refractivity (Wildman–Crippen MR) is 109 cm³/mol. The number of nitrogens with zero attached hydrogens (tertiary/aromatic N) is 2. The van der Waals surface area contributed by atoms with Crippen molar-refractivity contribution in [3.05, 3.63) is 36.7 Å². The lowest BCUT2D eigenvalue weighted by Gasteiger charge is -2.08. The molecule has 1 aromatic heterocycles. The van der Waals surface area contributed by atoms with Crippen LogP contribution in [-0.4, -0.2) is 22.5 Å². The third kappa shape index (κ3) is 5.54. The zero-order valence-electron chi connectivity index (χ0n) is 17.1. The summed E-state index contributed by atoms with van der Waals surface area (Å²) < 4.78 is 11.2. The van der Waals surface area contributed by atoms with Crippen LogP contribution in [0.1, 0.15) is 59.3 Å². The van der Waals surface area contributed by atoms with Crippen LogP contribution >= 0.6 is 0 Å². The van der Waals surface area contributed by atoms with Crippen molar-refractivity contribution in [1.82, 2.24) is 9.97 Å². The average Bonchev–Trinajstić information content (AvgIpc) is 3.34. The molecule has 150 valence electrons. The van der Waals surface area contributed by atoms with Gasteiger partial charge in [0, 0.05) is 5.56 Å². The number of rotatable bonds is 10. The second-order valence-corrected chi connectivity index (χ2v) is 8.20. The minimum atomic E-state index is -0.197.